The van der Waals surface area contributed by atoms with Gasteiger partial charge in [0.2, 0.25) is 5.88 Å². The lowest BCUT2D eigenvalue weighted by Gasteiger charge is -2.37. The van der Waals surface area contributed by atoms with Crippen molar-refractivity contribution in [1.29, 1.82) is 0 Å². The Balaban J connectivity index is 1.58. The molecule has 1 aliphatic rings. The van der Waals surface area contributed by atoms with E-state index in [9.17, 15) is 14.4 Å². The summed E-state index contributed by atoms with van der Waals surface area (Å²) in [5, 5.41) is 0. The van der Waals surface area contributed by atoms with Gasteiger partial charge < -0.3 is 13.9 Å². The first-order valence-corrected chi connectivity index (χ1v) is 10.4. The monoisotopic (exact) mass is 440 g/mol. The van der Waals surface area contributed by atoms with Crippen LogP contribution >= 0.6 is 0 Å². The molecule has 0 saturated carbocycles. The fourth-order valence-corrected chi connectivity index (χ4v) is 3.20. The van der Waals surface area contributed by atoms with E-state index in [0.717, 1.165) is 5.56 Å². The Labute approximate surface area is 187 Å². The maximum Gasteiger partial charge on any atom is 0.410 e. The first-order valence-electron chi connectivity index (χ1n) is 10.4. The molecule has 32 heavy (non-hydrogen) atoms. The van der Waals surface area contributed by atoms with Gasteiger partial charge in [-0.2, -0.15) is 0 Å². The van der Waals surface area contributed by atoms with Gasteiger partial charge in [0.1, 0.15) is 24.0 Å². The summed E-state index contributed by atoms with van der Waals surface area (Å²) >= 11 is 0. The number of hydrogen-bond acceptors (Lipinski definition) is 6. The van der Waals surface area contributed by atoms with Gasteiger partial charge in [-0.15, -0.1) is 0 Å². The standard InChI is InChI=1S/C24H28N2O6/c1-17-22(28)26(15-14-25(17)23(29)30-16-18-8-6-5-7-9-18)20-12-10-19(31-20)11-13-21(27)32-24(2,3)4/h5-13,17H,14-16H2,1-4H3/b13-11+/t17-/m1/s1. The summed E-state index contributed by atoms with van der Waals surface area (Å²) in [5.41, 5.74) is 0.293. The molecule has 8 nitrogen and oxygen atoms in total. The number of carbonyl (C=O) groups is 3. The molecule has 0 radical (unpaired) electrons. The number of benzene rings is 1. The molecule has 1 fully saturated rings. The van der Waals surface area contributed by atoms with Crippen LogP contribution in [0, 0.1) is 0 Å². The Morgan fingerprint density at radius 3 is 2.53 bits per heavy atom. The van der Waals surface area contributed by atoms with Crippen LogP contribution in [0.4, 0.5) is 10.7 Å². The molecule has 1 aliphatic heterocycles. The topological polar surface area (TPSA) is 89.3 Å². The fourth-order valence-electron chi connectivity index (χ4n) is 3.20. The minimum atomic E-state index is -0.696. The van der Waals surface area contributed by atoms with Crippen molar-refractivity contribution in [2.75, 3.05) is 18.0 Å². The van der Waals surface area contributed by atoms with E-state index < -0.39 is 23.7 Å². The first-order chi connectivity index (χ1) is 15.1. The minimum absolute atomic E-state index is 0.145. The average molecular weight is 440 g/mol. The lowest BCUT2D eigenvalue weighted by molar-refractivity contribution is -0.148. The summed E-state index contributed by atoms with van der Waals surface area (Å²) in [6.45, 7) is 7.74. The highest BCUT2D eigenvalue weighted by Gasteiger charge is 2.37. The molecule has 8 heteroatoms. The van der Waals surface area contributed by atoms with Gasteiger partial charge in [0, 0.05) is 25.2 Å². The van der Waals surface area contributed by atoms with Crippen molar-refractivity contribution in [3.05, 3.63) is 59.9 Å². The number of ether oxygens (including phenoxy) is 2. The summed E-state index contributed by atoms with van der Waals surface area (Å²) in [6.07, 6.45) is 2.23. The Kier molecular flexibility index (Phi) is 7.02. The van der Waals surface area contributed by atoms with Gasteiger partial charge in [-0.3, -0.25) is 14.6 Å². The molecule has 1 atom stereocenters. The van der Waals surface area contributed by atoms with E-state index in [1.807, 2.05) is 30.3 Å². The van der Waals surface area contributed by atoms with Crippen molar-refractivity contribution in [1.82, 2.24) is 4.90 Å². The van der Waals surface area contributed by atoms with Gasteiger partial charge in [0.05, 0.1) is 0 Å². The average Bonchev–Trinajstić information content (AvgIpc) is 3.21. The third-order valence-corrected chi connectivity index (χ3v) is 4.76. The van der Waals surface area contributed by atoms with Crippen molar-refractivity contribution >= 4 is 29.9 Å². The molecule has 0 spiro atoms. The number of anilines is 1. The van der Waals surface area contributed by atoms with Crippen molar-refractivity contribution in [2.24, 2.45) is 0 Å². The van der Waals surface area contributed by atoms with Crippen LogP contribution < -0.4 is 4.90 Å². The van der Waals surface area contributed by atoms with E-state index in [2.05, 4.69) is 0 Å². The zero-order valence-corrected chi connectivity index (χ0v) is 18.7. The summed E-state index contributed by atoms with van der Waals surface area (Å²) in [5.74, 6) is 0.00622. The molecule has 170 valence electrons. The second-order valence-electron chi connectivity index (χ2n) is 8.44. The molecule has 1 saturated heterocycles. The quantitative estimate of drug-likeness (QED) is 0.516. The predicted molar refractivity (Wildman–Crippen MR) is 119 cm³/mol. The molecule has 0 unspecified atom stereocenters. The highest BCUT2D eigenvalue weighted by Crippen LogP contribution is 2.24. The van der Waals surface area contributed by atoms with E-state index in [1.165, 1.54) is 22.0 Å². The number of carbonyl (C=O) groups excluding carboxylic acids is 3. The number of furan rings is 1. The highest BCUT2D eigenvalue weighted by atomic mass is 16.6. The SMILES string of the molecule is C[C@@H]1C(=O)N(c2ccc(/C=C/C(=O)OC(C)(C)C)o2)CCN1C(=O)OCc1ccccc1. The summed E-state index contributed by atoms with van der Waals surface area (Å²) in [4.78, 5) is 40.1. The lowest BCUT2D eigenvalue weighted by atomic mass is 10.2. The zero-order chi connectivity index (χ0) is 23.3. The maximum atomic E-state index is 12.9. The third kappa shape index (κ3) is 6.00. The van der Waals surface area contributed by atoms with Gasteiger partial charge in [-0.25, -0.2) is 9.59 Å². The molecular weight excluding hydrogens is 412 g/mol. The number of nitrogens with zero attached hydrogens (tertiary/aromatic N) is 2. The number of piperazine rings is 1. The van der Waals surface area contributed by atoms with E-state index in [1.54, 1.807) is 39.8 Å². The van der Waals surface area contributed by atoms with Gasteiger partial charge in [0.15, 0.2) is 0 Å². The molecule has 1 aromatic heterocycles. The predicted octanol–water partition coefficient (Wildman–Crippen LogP) is 4.01. The zero-order valence-electron chi connectivity index (χ0n) is 18.7. The van der Waals surface area contributed by atoms with Crippen LogP contribution in [0.15, 0.2) is 53.0 Å². The van der Waals surface area contributed by atoms with E-state index in [0.29, 0.717) is 18.2 Å². The van der Waals surface area contributed by atoms with E-state index in [4.69, 9.17) is 13.9 Å². The van der Waals surface area contributed by atoms with Crippen LogP contribution in [-0.4, -0.2) is 47.6 Å². The molecule has 1 aromatic carbocycles. The van der Waals surface area contributed by atoms with Crippen LogP contribution in [0.5, 0.6) is 0 Å². The summed E-state index contributed by atoms with van der Waals surface area (Å²) in [7, 11) is 0. The smallest absolute Gasteiger partial charge is 0.410 e. The normalized spacial score (nSPS) is 17.0. The second-order valence-corrected chi connectivity index (χ2v) is 8.44. The molecular formula is C24H28N2O6. The van der Waals surface area contributed by atoms with Gasteiger partial charge >= 0.3 is 12.1 Å². The molecule has 0 N–H and O–H groups in total. The van der Waals surface area contributed by atoms with E-state index >= 15 is 0 Å². The third-order valence-electron chi connectivity index (χ3n) is 4.76. The fraction of sp³-hybridized carbons (Fsp3) is 0.375. The van der Waals surface area contributed by atoms with Crippen molar-refractivity contribution in [3.8, 4) is 0 Å². The summed E-state index contributed by atoms with van der Waals surface area (Å²) in [6, 6.07) is 12.0. The number of rotatable bonds is 5. The molecule has 2 amide bonds. The van der Waals surface area contributed by atoms with Crippen LogP contribution in [0.1, 0.15) is 39.0 Å². The van der Waals surface area contributed by atoms with E-state index in [-0.39, 0.29) is 19.1 Å². The van der Waals surface area contributed by atoms with Crippen molar-refractivity contribution in [2.45, 2.75) is 45.9 Å². The molecule has 3 rings (SSSR count). The number of hydrogen-bond donors (Lipinski definition) is 0. The molecule has 2 heterocycles. The van der Waals surface area contributed by atoms with Crippen LogP contribution in [0.25, 0.3) is 6.08 Å². The number of amides is 2. The highest BCUT2D eigenvalue weighted by molar-refractivity contribution is 5.98. The van der Waals surface area contributed by atoms with Gasteiger partial charge in [-0.05, 0) is 45.4 Å². The second kappa shape index (κ2) is 9.72. The Morgan fingerprint density at radius 1 is 1.12 bits per heavy atom. The van der Waals surface area contributed by atoms with Crippen LogP contribution in [0.3, 0.4) is 0 Å². The van der Waals surface area contributed by atoms with Crippen molar-refractivity contribution < 1.29 is 28.3 Å². The molecule has 0 aliphatic carbocycles. The van der Waals surface area contributed by atoms with Crippen molar-refractivity contribution in [3.63, 3.8) is 0 Å². The lowest BCUT2D eigenvalue weighted by Crippen LogP contribution is -2.57. The number of esters is 1. The first kappa shape index (κ1) is 23.1. The Bertz CT molecular complexity index is 989. The maximum absolute atomic E-state index is 12.9. The van der Waals surface area contributed by atoms with Crippen LogP contribution in [0.2, 0.25) is 0 Å². The van der Waals surface area contributed by atoms with Gasteiger partial charge in [0.25, 0.3) is 5.91 Å². The molecule has 2 aromatic rings. The van der Waals surface area contributed by atoms with Gasteiger partial charge in [-0.1, -0.05) is 30.3 Å². The summed E-state index contributed by atoms with van der Waals surface area (Å²) < 4.78 is 16.3. The largest absolute Gasteiger partial charge is 0.457 e. The Hall–Kier alpha value is -3.55. The van der Waals surface area contributed by atoms with Crippen LogP contribution in [-0.2, 0) is 25.7 Å². The minimum Gasteiger partial charge on any atom is -0.457 e. The Morgan fingerprint density at radius 2 is 1.84 bits per heavy atom. The molecule has 0 bridgehead atoms.